The number of amides is 2. The van der Waals surface area contributed by atoms with Gasteiger partial charge in [-0.3, -0.25) is 14.3 Å². The second-order valence-corrected chi connectivity index (χ2v) is 7.35. The van der Waals surface area contributed by atoms with Crippen LogP contribution in [0.1, 0.15) is 38.3 Å². The minimum atomic E-state index is -0.187. The molecule has 1 aliphatic heterocycles. The van der Waals surface area contributed by atoms with Crippen LogP contribution < -0.4 is 0 Å². The molecule has 152 valence electrons. The van der Waals surface area contributed by atoms with Crippen LogP contribution in [0.2, 0.25) is 5.02 Å². The molecule has 1 saturated heterocycles. The van der Waals surface area contributed by atoms with E-state index in [0.29, 0.717) is 49.3 Å². The predicted octanol–water partition coefficient (Wildman–Crippen LogP) is 2.99. The highest BCUT2D eigenvalue weighted by molar-refractivity contribution is 6.31. The van der Waals surface area contributed by atoms with Crippen molar-refractivity contribution in [2.45, 2.75) is 20.4 Å². The van der Waals surface area contributed by atoms with Gasteiger partial charge in [-0.15, -0.1) is 0 Å². The smallest absolute Gasteiger partial charge is 0.289 e. The summed E-state index contributed by atoms with van der Waals surface area (Å²) in [6, 6.07) is 6.77. The van der Waals surface area contributed by atoms with Crippen molar-refractivity contribution < 1.29 is 18.4 Å². The Morgan fingerprint density at radius 1 is 1.03 bits per heavy atom. The molecule has 0 radical (unpaired) electrons. The maximum absolute atomic E-state index is 12.8. The van der Waals surface area contributed by atoms with Gasteiger partial charge in [-0.2, -0.15) is 5.10 Å². The van der Waals surface area contributed by atoms with Gasteiger partial charge < -0.3 is 18.6 Å². The quantitative estimate of drug-likeness (QED) is 0.652. The molecule has 2 amide bonds. The van der Waals surface area contributed by atoms with Crippen LogP contribution >= 0.6 is 11.6 Å². The van der Waals surface area contributed by atoms with Gasteiger partial charge in [-0.25, -0.2) is 0 Å². The lowest BCUT2D eigenvalue weighted by atomic mass is 10.2. The molecule has 1 fully saturated rings. The molecule has 0 N–H and O–H groups in total. The molecule has 0 unspecified atom stereocenters. The van der Waals surface area contributed by atoms with Crippen LogP contribution in [-0.2, 0) is 6.54 Å². The molecule has 8 nitrogen and oxygen atoms in total. The number of piperazine rings is 1. The Kier molecular flexibility index (Phi) is 5.19. The molecule has 3 aromatic heterocycles. The molecule has 0 bridgehead atoms. The number of hydrogen-bond donors (Lipinski definition) is 0. The third-order valence-corrected chi connectivity index (χ3v) is 5.60. The molecule has 1 aliphatic rings. The largest absolute Gasteiger partial charge is 0.459 e. The molecule has 0 saturated carbocycles. The highest BCUT2D eigenvalue weighted by Crippen LogP contribution is 2.21. The number of nitrogens with zero attached hydrogens (tertiary/aromatic N) is 4. The van der Waals surface area contributed by atoms with Gasteiger partial charge in [0.05, 0.1) is 29.2 Å². The van der Waals surface area contributed by atoms with Gasteiger partial charge in [0.25, 0.3) is 11.8 Å². The zero-order valence-electron chi connectivity index (χ0n) is 16.2. The topological polar surface area (TPSA) is 84.7 Å². The third-order valence-electron chi connectivity index (χ3n) is 5.06. The summed E-state index contributed by atoms with van der Waals surface area (Å²) >= 11 is 6.18. The highest BCUT2D eigenvalue weighted by atomic mass is 35.5. The number of hydrogen-bond acceptors (Lipinski definition) is 5. The fourth-order valence-corrected chi connectivity index (χ4v) is 3.51. The van der Waals surface area contributed by atoms with Gasteiger partial charge in [0, 0.05) is 26.2 Å². The minimum Gasteiger partial charge on any atom is -0.459 e. The van der Waals surface area contributed by atoms with Crippen LogP contribution in [-0.4, -0.2) is 57.6 Å². The van der Waals surface area contributed by atoms with Crippen molar-refractivity contribution in [1.29, 1.82) is 0 Å². The zero-order chi connectivity index (χ0) is 20.5. The van der Waals surface area contributed by atoms with Gasteiger partial charge in [-0.05, 0) is 38.1 Å². The molecule has 9 heteroatoms. The van der Waals surface area contributed by atoms with E-state index in [0.717, 1.165) is 11.4 Å². The summed E-state index contributed by atoms with van der Waals surface area (Å²) in [4.78, 5) is 28.5. The van der Waals surface area contributed by atoms with E-state index >= 15 is 0 Å². The second-order valence-electron chi connectivity index (χ2n) is 6.97. The Balaban J connectivity index is 1.37. The molecule has 29 heavy (non-hydrogen) atoms. The summed E-state index contributed by atoms with van der Waals surface area (Å²) < 4.78 is 12.7. The van der Waals surface area contributed by atoms with E-state index in [-0.39, 0.29) is 17.6 Å². The predicted molar refractivity (Wildman–Crippen MR) is 105 cm³/mol. The van der Waals surface area contributed by atoms with Gasteiger partial charge in [-0.1, -0.05) is 11.6 Å². The summed E-state index contributed by atoms with van der Waals surface area (Å²) in [6.07, 6.45) is 1.47. The van der Waals surface area contributed by atoms with Crippen molar-refractivity contribution in [3.8, 4) is 0 Å². The third kappa shape index (κ3) is 3.80. The van der Waals surface area contributed by atoms with E-state index in [9.17, 15) is 9.59 Å². The minimum absolute atomic E-state index is 0.161. The van der Waals surface area contributed by atoms with Crippen LogP contribution in [0.15, 0.2) is 39.4 Å². The van der Waals surface area contributed by atoms with Crippen LogP contribution in [0.3, 0.4) is 0 Å². The van der Waals surface area contributed by atoms with Crippen molar-refractivity contribution in [2.24, 2.45) is 0 Å². The van der Waals surface area contributed by atoms with E-state index in [4.69, 9.17) is 20.4 Å². The first-order valence-corrected chi connectivity index (χ1v) is 9.72. The molecular weight excluding hydrogens is 396 g/mol. The number of halogens is 1. The second kappa shape index (κ2) is 7.79. The Morgan fingerprint density at radius 3 is 2.24 bits per heavy atom. The fourth-order valence-electron chi connectivity index (χ4n) is 3.38. The van der Waals surface area contributed by atoms with Crippen molar-refractivity contribution in [3.63, 3.8) is 0 Å². The first kappa shape index (κ1) is 19.3. The Labute approximate surface area is 172 Å². The van der Waals surface area contributed by atoms with Crippen LogP contribution in [0.4, 0.5) is 0 Å². The summed E-state index contributed by atoms with van der Waals surface area (Å²) in [7, 11) is 0. The van der Waals surface area contributed by atoms with E-state index < -0.39 is 0 Å². The first-order chi connectivity index (χ1) is 13.9. The SMILES string of the molecule is Cc1nn(Cc2ccc(C(=O)N3CCN(C(=O)c4ccco4)CC3)o2)c(C)c1Cl. The number of furan rings is 2. The molecule has 4 heterocycles. The summed E-state index contributed by atoms with van der Waals surface area (Å²) in [5.74, 6) is 0.865. The maximum Gasteiger partial charge on any atom is 0.289 e. The van der Waals surface area contributed by atoms with Crippen molar-refractivity contribution in [3.05, 3.63) is 64.2 Å². The molecular formula is C20H21ClN4O4. The number of rotatable bonds is 4. The summed E-state index contributed by atoms with van der Waals surface area (Å²) in [6.45, 7) is 5.91. The fraction of sp³-hybridized carbons (Fsp3) is 0.350. The molecule has 0 aliphatic carbocycles. The van der Waals surface area contributed by atoms with Gasteiger partial charge in [0.2, 0.25) is 0 Å². The first-order valence-electron chi connectivity index (χ1n) is 9.34. The molecule has 0 aromatic carbocycles. The maximum atomic E-state index is 12.8. The monoisotopic (exact) mass is 416 g/mol. The van der Waals surface area contributed by atoms with Crippen LogP contribution in [0.25, 0.3) is 0 Å². The normalized spacial score (nSPS) is 14.4. The molecule has 0 spiro atoms. The number of carbonyl (C=O) groups excluding carboxylic acids is 2. The Hall–Kier alpha value is -3.00. The molecule has 3 aromatic rings. The number of carbonyl (C=O) groups is 2. The van der Waals surface area contributed by atoms with E-state index in [1.165, 1.54) is 6.26 Å². The average Bonchev–Trinajstić information content (AvgIpc) is 3.47. The summed E-state index contributed by atoms with van der Waals surface area (Å²) in [5, 5.41) is 5.01. The van der Waals surface area contributed by atoms with Crippen molar-refractivity contribution in [1.82, 2.24) is 19.6 Å². The number of aromatic nitrogens is 2. The van der Waals surface area contributed by atoms with Gasteiger partial charge >= 0.3 is 0 Å². The molecule has 4 rings (SSSR count). The average molecular weight is 417 g/mol. The van der Waals surface area contributed by atoms with Crippen LogP contribution in [0.5, 0.6) is 0 Å². The highest BCUT2D eigenvalue weighted by Gasteiger charge is 2.28. The molecule has 0 atom stereocenters. The van der Waals surface area contributed by atoms with Crippen molar-refractivity contribution >= 4 is 23.4 Å². The van der Waals surface area contributed by atoms with Gasteiger partial charge in [0.1, 0.15) is 5.76 Å². The van der Waals surface area contributed by atoms with E-state index in [2.05, 4.69) is 5.10 Å². The standard InChI is InChI=1S/C20H21ClN4O4/c1-13-18(21)14(2)25(22-13)12-15-5-6-17(29-15)20(27)24-9-7-23(8-10-24)19(26)16-4-3-11-28-16/h3-6,11H,7-10,12H2,1-2H3. The van der Waals surface area contributed by atoms with Crippen LogP contribution in [0, 0.1) is 13.8 Å². The van der Waals surface area contributed by atoms with E-state index in [1.807, 2.05) is 13.8 Å². The van der Waals surface area contributed by atoms with Crippen molar-refractivity contribution in [2.75, 3.05) is 26.2 Å². The summed E-state index contributed by atoms with van der Waals surface area (Å²) in [5.41, 5.74) is 1.61. The zero-order valence-corrected chi connectivity index (χ0v) is 17.0. The Bertz CT molecular complexity index is 1030. The van der Waals surface area contributed by atoms with E-state index in [1.54, 1.807) is 38.7 Å². The van der Waals surface area contributed by atoms with Gasteiger partial charge in [0.15, 0.2) is 11.5 Å². The lowest BCUT2D eigenvalue weighted by Gasteiger charge is -2.33. The lowest BCUT2D eigenvalue weighted by Crippen LogP contribution is -2.50. The Morgan fingerprint density at radius 2 is 1.69 bits per heavy atom. The lowest BCUT2D eigenvalue weighted by molar-refractivity contribution is 0.0501. The number of aryl methyl sites for hydroxylation is 1.